The van der Waals surface area contributed by atoms with Gasteiger partial charge in [0.2, 0.25) is 0 Å². The third-order valence-electron chi connectivity index (χ3n) is 4.49. The molecule has 0 aliphatic rings. The highest BCUT2D eigenvalue weighted by Gasteiger charge is 2.15. The van der Waals surface area contributed by atoms with Gasteiger partial charge >= 0.3 is 0 Å². The molecule has 0 atom stereocenters. The first-order valence-electron chi connectivity index (χ1n) is 10.1. The Morgan fingerprint density at radius 3 is 2.19 bits per heavy atom. The third-order valence-corrected chi connectivity index (χ3v) is 4.76. The average molecular weight is 393 g/mol. The van der Waals surface area contributed by atoms with E-state index in [2.05, 4.69) is 26.0 Å². The van der Waals surface area contributed by atoms with Gasteiger partial charge in [-0.15, -0.1) is 11.6 Å². The summed E-state index contributed by atoms with van der Waals surface area (Å²) < 4.78 is 17.8. The fraction of sp³-hybridized carbons (Fsp3) is 0.565. The van der Waals surface area contributed by atoms with Crippen LogP contribution in [0.4, 0.5) is 0 Å². The number of halogens is 1. The zero-order chi connectivity index (χ0) is 19.5. The Kier molecular flexibility index (Phi) is 9.61. The van der Waals surface area contributed by atoms with Crippen LogP contribution in [0.3, 0.4) is 0 Å². The maximum atomic E-state index is 6.11. The average Bonchev–Trinajstić information content (AvgIpc) is 2.68. The van der Waals surface area contributed by atoms with Crippen molar-refractivity contribution in [2.75, 3.05) is 26.2 Å². The van der Waals surface area contributed by atoms with Crippen LogP contribution in [0.5, 0.6) is 17.2 Å². The molecule has 0 N–H and O–H groups in total. The van der Waals surface area contributed by atoms with E-state index in [-0.39, 0.29) is 0 Å². The summed E-state index contributed by atoms with van der Waals surface area (Å²) >= 11 is 5.71. The molecule has 0 heterocycles. The van der Waals surface area contributed by atoms with Gasteiger partial charge in [0.15, 0.2) is 11.5 Å². The molecule has 0 aliphatic carbocycles. The number of ether oxygens (including phenoxy) is 3. The summed E-state index contributed by atoms with van der Waals surface area (Å²) in [5, 5.41) is 2.10. The van der Waals surface area contributed by atoms with Crippen LogP contribution in [0, 0.1) is 5.92 Å². The fourth-order valence-electron chi connectivity index (χ4n) is 3.05. The third kappa shape index (κ3) is 6.80. The molecule has 0 bridgehead atoms. The summed E-state index contributed by atoms with van der Waals surface area (Å²) in [5.41, 5.74) is 0. The number of unbranched alkanes of at least 4 members (excludes halogenated alkanes) is 5. The van der Waals surface area contributed by atoms with Gasteiger partial charge in [0, 0.05) is 22.7 Å². The molecule has 0 aromatic heterocycles. The zero-order valence-corrected chi connectivity index (χ0v) is 17.7. The van der Waals surface area contributed by atoms with Gasteiger partial charge in [-0.05, 0) is 18.8 Å². The fourth-order valence-corrected chi connectivity index (χ4v) is 3.24. The molecule has 0 amide bonds. The van der Waals surface area contributed by atoms with Crippen LogP contribution in [0.15, 0.2) is 30.3 Å². The van der Waals surface area contributed by atoms with Crippen LogP contribution in [-0.4, -0.2) is 26.2 Å². The second-order valence-corrected chi connectivity index (χ2v) is 7.69. The van der Waals surface area contributed by atoms with Gasteiger partial charge in [-0.3, -0.25) is 0 Å². The quantitative estimate of drug-likeness (QED) is 0.276. The van der Waals surface area contributed by atoms with Crippen molar-refractivity contribution in [2.45, 2.75) is 52.4 Å². The first-order chi connectivity index (χ1) is 13.2. The van der Waals surface area contributed by atoms with E-state index in [1.807, 2.05) is 18.2 Å². The Balaban J connectivity index is 2.03. The van der Waals surface area contributed by atoms with Crippen molar-refractivity contribution in [2.24, 2.45) is 5.92 Å². The van der Waals surface area contributed by atoms with Crippen LogP contribution in [0.1, 0.15) is 52.4 Å². The topological polar surface area (TPSA) is 27.7 Å². The SMILES string of the molecule is COc1cc(OCCCCCCCCCl)c2ccccc2c1OCC(C)C. The van der Waals surface area contributed by atoms with Gasteiger partial charge < -0.3 is 14.2 Å². The maximum Gasteiger partial charge on any atom is 0.169 e. The number of hydrogen-bond donors (Lipinski definition) is 0. The van der Waals surface area contributed by atoms with E-state index >= 15 is 0 Å². The number of fused-ring (bicyclic) bond motifs is 1. The molecule has 150 valence electrons. The molecule has 2 aromatic rings. The minimum absolute atomic E-state index is 0.453. The maximum absolute atomic E-state index is 6.11. The summed E-state index contributed by atoms with van der Waals surface area (Å²) in [6.07, 6.45) is 7.09. The van der Waals surface area contributed by atoms with Gasteiger partial charge in [0.25, 0.3) is 0 Å². The second-order valence-electron chi connectivity index (χ2n) is 7.32. The number of rotatable bonds is 13. The van der Waals surface area contributed by atoms with Crippen LogP contribution in [-0.2, 0) is 0 Å². The smallest absolute Gasteiger partial charge is 0.169 e. The second kappa shape index (κ2) is 12.0. The number of benzene rings is 2. The Labute approximate surface area is 169 Å². The van der Waals surface area contributed by atoms with Crippen molar-refractivity contribution >= 4 is 22.4 Å². The van der Waals surface area contributed by atoms with Crippen LogP contribution in [0.25, 0.3) is 10.8 Å². The lowest BCUT2D eigenvalue weighted by Crippen LogP contribution is -2.06. The van der Waals surface area contributed by atoms with Crippen molar-refractivity contribution in [3.63, 3.8) is 0 Å². The highest BCUT2D eigenvalue weighted by atomic mass is 35.5. The molecule has 4 heteroatoms. The normalized spacial score (nSPS) is 11.1. The predicted molar refractivity (Wildman–Crippen MR) is 115 cm³/mol. The highest BCUT2D eigenvalue weighted by Crippen LogP contribution is 2.41. The summed E-state index contributed by atoms with van der Waals surface area (Å²) in [6, 6.07) is 10.2. The van der Waals surface area contributed by atoms with Crippen molar-refractivity contribution in [3.8, 4) is 17.2 Å². The van der Waals surface area contributed by atoms with Crippen LogP contribution in [0.2, 0.25) is 0 Å². The largest absolute Gasteiger partial charge is 0.493 e. The predicted octanol–water partition coefficient (Wildman–Crippen LogP) is 6.84. The molecule has 0 fully saturated rings. The molecule has 2 aromatic carbocycles. The van der Waals surface area contributed by atoms with Gasteiger partial charge in [-0.1, -0.05) is 63.8 Å². The Morgan fingerprint density at radius 2 is 1.52 bits per heavy atom. The monoisotopic (exact) mass is 392 g/mol. The van der Waals surface area contributed by atoms with E-state index < -0.39 is 0 Å². The molecular weight excluding hydrogens is 360 g/mol. The Morgan fingerprint density at radius 1 is 0.852 bits per heavy atom. The van der Waals surface area contributed by atoms with Crippen LogP contribution < -0.4 is 14.2 Å². The van der Waals surface area contributed by atoms with E-state index in [4.69, 9.17) is 25.8 Å². The van der Waals surface area contributed by atoms with Crippen molar-refractivity contribution in [3.05, 3.63) is 30.3 Å². The first-order valence-corrected chi connectivity index (χ1v) is 10.6. The van der Waals surface area contributed by atoms with E-state index in [0.29, 0.717) is 12.5 Å². The molecule has 2 rings (SSSR count). The van der Waals surface area contributed by atoms with E-state index in [9.17, 15) is 0 Å². The summed E-state index contributed by atoms with van der Waals surface area (Å²) in [7, 11) is 1.68. The lowest BCUT2D eigenvalue weighted by molar-refractivity contribution is 0.258. The summed E-state index contributed by atoms with van der Waals surface area (Å²) in [4.78, 5) is 0. The zero-order valence-electron chi connectivity index (χ0n) is 16.9. The van der Waals surface area contributed by atoms with E-state index in [1.165, 1.54) is 25.7 Å². The van der Waals surface area contributed by atoms with Gasteiger partial charge in [0.05, 0.1) is 20.3 Å². The first kappa shape index (κ1) is 21.7. The Bertz CT molecular complexity index is 685. The molecule has 0 unspecified atom stereocenters. The molecule has 0 radical (unpaired) electrons. The van der Waals surface area contributed by atoms with Crippen LogP contribution >= 0.6 is 11.6 Å². The van der Waals surface area contributed by atoms with Gasteiger partial charge in [0.1, 0.15) is 5.75 Å². The van der Waals surface area contributed by atoms with Crippen molar-refractivity contribution in [1.82, 2.24) is 0 Å². The van der Waals surface area contributed by atoms with E-state index in [0.717, 1.165) is 53.3 Å². The molecule has 0 saturated heterocycles. The highest BCUT2D eigenvalue weighted by molar-refractivity contribution is 6.17. The van der Waals surface area contributed by atoms with Gasteiger partial charge in [-0.25, -0.2) is 0 Å². The van der Waals surface area contributed by atoms with Crippen molar-refractivity contribution < 1.29 is 14.2 Å². The molecule has 0 aliphatic heterocycles. The molecule has 0 spiro atoms. The lowest BCUT2D eigenvalue weighted by atomic mass is 10.1. The molecule has 0 saturated carbocycles. The lowest BCUT2D eigenvalue weighted by Gasteiger charge is -2.18. The molecular formula is C23H33ClO3. The summed E-state index contributed by atoms with van der Waals surface area (Å²) in [5.74, 6) is 3.61. The Hall–Kier alpha value is -1.61. The van der Waals surface area contributed by atoms with Gasteiger partial charge in [-0.2, -0.15) is 0 Å². The van der Waals surface area contributed by atoms with Crippen molar-refractivity contribution in [1.29, 1.82) is 0 Å². The molecule has 3 nitrogen and oxygen atoms in total. The molecule has 27 heavy (non-hydrogen) atoms. The number of hydrogen-bond acceptors (Lipinski definition) is 3. The minimum Gasteiger partial charge on any atom is -0.493 e. The standard InChI is InChI=1S/C23H33ClO3/c1-18(2)17-27-23-20-13-9-8-12-19(20)21(16-22(23)25-3)26-15-11-7-5-4-6-10-14-24/h8-9,12-13,16,18H,4-7,10-11,14-15,17H2,1-3H3. The number of alkyl halides is 1. The number of methoxy groups -OCH3 is 1. The summed E-state index contributed by atoms with van der Waals surface area (Å²) in [6.45, 7) is 5.66. The van der Waals surface area contributed by atoms with E-state index in [1.54, 1.807) is 7.11 Å². The minimum atomic E-state index is 0.453.